The average molecular weight is 297 g/mol. The number of nitrogens with zero attached hydrogens (tertiary/aromatic N) is 1. The van der Waals surface area contributed by atoms with Crippen molar-refractivity contribution in [2.75, 3.05) is 11.9 Å². The largest absolute Gasteiger partial charge is 0.481 e. The van der Waals surface area contributed by atoms with Crippen molar-refractivity contribution in [1.29, 1.82) is 0 Å². The highest BCUT2D eigenvalue weighted by Gasteiger charge is 2.12. The number of hydrogen-bond acceptors (Lipinski definition) is 5. The Morgan fingerprint density at radius 1 is 1.38 bits per heavy atom. The average Bonchev–Trinajstić information content (AvgIpc) is 2.81. The lowest BCUT2D eigenvalue weighted by atomic mass is 10.0. The lowest BCUT2D eigenvalue weighted by molar-refractivity contribution is -0.141. The van der Waals surface area contributed by atoms with Gasteiger partial charge >= 0.3 is 5.97 Å². The molecule has 7 heteroatoms. The monoisotopic (exact) mass is 297 g/mol. The standard InChI is InChI=1S/C14H23N3O4/c1-9(14(19)20)5-4-6-10(2)15-8-12(18)16-13-7-11(3)17-21-13/h7,9-10,15H,4-6,8H2,1-3H3,(H,16,18)(H,19,20). The number of rotatable bonds is 9. The van der Waals surface area contributed by atoms with E-state index in [-0.39, 0.29) is 24.4 Å². The van der Waals surface area contributed by atoms with Gasteiger partial charge in [-0.05, 0) is 26.7 Å². The third-order valence-electron chi connectivity index (χ3n) is 3.20. The maximum atomic E-state index is 11.7. The second kappa shape index (κ2) is 8.41. The summed E-state index contributed by atoms with van der Waals surface area (Å²) in [6.45, 7) is 5.62. The van der Waals surface area contributed by atoms with Gasteiger partial charge in [-0.15, -0.1) is 0 Å². The molecule has 0 saturated heterocycles. The minimum atomic E-state index is -0.766. The van der Waals surface area contributed by atoms with Crippen molar-refractivity contribution < 1.29 is 19.2 Å². The van der Waals surface area contributed by atoms with Gasteiger partial charge in [-0.25, -0.2) is 0 Å². The molecule has 0 aliphatic heterocycles. The van der Waals surface area contributed by atoms with E-state index in [0.29, 0.717) is 18.0 Å². The van der Waals surface area contributed by atoms with Gasteiger partial charge in [0.2, 0.25) is 11.8 Å². The van der Waals surface area contributed by atoms with Crippen LogP contribution in [-0.4, -0.2) is 34.7 Å². The van der Waals surface area contributed by atoms with E-state index in [2.05, 4.69) is 15.8 Å². The van der Waals surface area contributed by atoms with Crippen LogP contribution < -0.4 is 10.6 Å². The Morgan fingerprint density at radius 3 is 2.67 bits per heavy atom. The van der Waals surface area contributed by atoms with Crippen LogP contribution in [0.15, 0.2) is 10.6 Å². The molecule has 21 heavy (non-hydrogen) atoms. The second-order valence-electron chi connectivity index (χ2n) is 5.33. The fourth-order valence-electron chi connectivity index (χ4n) is 1.83. The number of nitrogens with one attached hydrogen (secondary N) is 2. The molecule has 0 fully saturated rings. The molecular formula is C14H23N3O4. The summed E-state index contributed by atoms with van der Waals surface area (Å²) in [6.07, 6.45) is 2.28. The summed E-state index contributed by atoms with van der Waals surface area (Å²) in [7, 11) is 0. The minimum Gasteiger partial charge on any atom is -0.481 e. The zero-order valence-electron chi connectivity index (χ0n) is 12.7. The summed E-state index contributed by atoms with van der Waals surface area (Å²) >= 11 is 0. The first kappa shape index (κ1) is 17.2. The van der Waals surface area contributed by atoms with E-state index >= 15 is 0 Å². The summed E-state index contributed by atoms with van der Waals surface area (Å²) in [4.78, 5) is 22.3. The van der Waals surface area contributed by atoms with Crippen LogP contribution in [0.3, 0.4) is 0 Å². The predicted molar refractivity (Wildman–Crippen MR) is 78.0 cm³/mol. The van der Waals surface area contributed by atoms with Gasteiger partial charge in [0, 0.05) is 12.1 Å². The first-order chi connectivity index (χ1) is 9.88. The molecule has 0 radical (unpaired) electrons. The first-order valence-electron chi connectivity index (χ1n) is 7.08. The number of carboxylic acids is 1. The highest BCUT2D eigenvalue weighted by atomic mass is 16.5. The molecular weight excluding hydrogens is 274 g/mol. The molecule has 1 rings (SSSR count). The van der Waals surface area contributed by atoms with Crippen LogP contribution in [0, 0.1) is 12.8 Å². The summed E-state index contributed by atoms with van der Waals surface area (Å²) in [5.74, 6) is -0.952. The van der Waals surface area contributed by atoms with Gasteiger partial charge in [0.1, 0.15) is 0 Å². The second-order valence-corrected chi connectivity index (χ2v) is 5.33. The number of aryl methyl sites for hydroxylation is 1. The van der Waals surface area contributed by atoms with Crippen LogP contribution in [0.1, 0.15) is 38.8 Å². The van der Waals surface area contributed by atoms with E-state index in [1.165, 1.54) is 0 Å². The number of carbonyl (C=O) groups excluding carboxylic acids is 1. The van der Waals surface area contributed by atoms with Gasteiger partial charge < -0.3 is 14.9 Å². The smallest absolute Gasteiger partial charge is 0.306 e. The molecule has 0 spiro atoms. The van der Waals surface area contributed by atoms with Gasteiger partial charge in [0.25, 0.3) is 0 Å². The van der Waals surface area contributed by atoms with E-state index in [1.54, 1.807) is 19.9 Å². The van der Waals surface area contributed by atoms with Crippen LogP contribution in [0.5, 0.6) is 0 Å². The highest BCUT2D eigenvalue weighted by Crippen LogP contribution is 2.10. The molecule has 0 aliphatic rings. The van der Waals surface area contributed by atoms with Crippen molar-refractivity contribution in [1.82, 2.24) is 10.5 Å². The fraction of sp³-hybridized carbons (Fsp3) is 0.643. The maximum absolute atomic E-state index is 11.7. The number of anilines is 1. The van der Waals surface area contributed by atoms with Crippen molar-refractivity contribution in [3.8, 4) is 0 Å². The molecule has 7 nitrogen and oxygen atoms in total. The zero-order chi connectivity index (χ0) is 15.8. The lowest BCUT2D eigenvalue weighted by Gasteiger charge is -2.14. The molecule has 2 unspecified atom stereocenters. The van der Waals surface area contributed by atoms with Gasteiger partial charge in [-0.3, -0.25) is 14.9 Å². The topological polar surface area (TPSA) is 104 Å². The van der Waals surface area contributed by atoms with Crippen LogP contribution >= 0.6 is 0 Å². The minimum absolute atomic E-state index is 0.146. The quantitative estimate of drug-likeness (QED) is 0.642. The van der Waals surface area contributed by atoms with Crippen LogP contribution in [0.4, 0.5) is 5.88 Å². The number of aromatic nitrogens is 1. The van der Waals surface area contributed by atoms with E-state index in [1.807, 2.05) is 6.92 Å². The molecule has 0 saturated carbocycles. The highest BCUT2D eigenvalue weighted by molar-refractivity contribution is 5.90. The zero-order valence-corrected chi connectivity index (χ0v) is 12.7. The van der Waals surface area contributed by atoms with Crippen LogP contribution in [0.2, 0.25) is 0 Å². The Balaban J connectivity index is 2.16. The molecule has 3 N–H and O–H groups in total. The summed E-state index contributed by atoms with van der Waals surface area (Å²) in [5, 5.41) is 18.2. The van der Waals surface area contributed by atoms with E-state index in [9.17, 15) is 9.59 Å². The predicted octanol–water partition coefficient (Wildman–Crippen LogP) is 1.79. The normalized spacial score (nSPS) is 13.7. The molecule has 1 aromatic heterocycles. The number of carboxylic acid groups (broad SMARTS) is 1. The third kappa shape index (κ3) is 6.89. The molecule has 1 amide bonds. The van der Waals surface area contributed by atoms with Gasteiger partial charge in [0.15, 0.2) is 0 Å². The maximum Gasteiger partial charge on any atom is 0.306 e. The van der Waals surface area contributed by atoms with E-state index in [0.717, 1.165) is 12.8 Å². The van der Waals surface area contributed by atoms with Crippen molar-refractivity contribution >= 4 is 17.8 Å². The van der Waals surface area contributed by atoms with Crippen molar-refractivity contribution in [2.45, 2.75) is 46.1 Å². The van der Waals surface area contributed by atoms with Gasteiger partial charge in [-0.2, -0.15) is 0 Å². The van der Waals surface area contributed by atoms with Crippen molar-refractivity contribution in [3.63, 3.8) is 0 Å². The molecule has 1 heterocycles. The van der Waals surface area contributed by atoms with E-state index < -0.39 is 5.97 Å². The van der Waals surface area contributed by atoms with Gasteiger partial charge in [0.05, 0.1) is 18.2 Å². The number of hydrogen-bond donors (Lipinski definition) is 3. The summed E-state index contributed by atoms with van der Waals surface area (Å²) in [6, 6.07) is 1.79. The van der Waals surface area contributed by atoms with E-state index in [4.69, 9.17) is 9.63 Å². The molecule has 0 aliphatic carbocycles. The number of aliphatic carboxylic acids is 1. The fourth-order valence-corrected chi connectivity index (χ4v) is 1.83. The van der Waals surface area contributed by atoms with Gasteiger partial charge in [-0.1, -0.05) is 18.5 Å². The number of amides is 1. The SMILES string of the molecule is Cc1cc(NC(=O)CNC(C)CCCC(C)C(=O)O)on1. The molecule has 1 aromatic rings. The van der Waals surface area contributed by atoms with Crippen molar-refractivity contribution in [2.24, 2.45) is 5.92 Å². The third-order valence-corrected chi connectivity index (χ3v) is 3.20. The lowest BCUT2D eigenvalue weighted by Crippen LogP contribution is -2.34. The summed E-state index contributed by atoms with van der Waals surface area (Å²) < 4.78 is 4.89. The molecule has 0 aromatic carbocycles. The Bertz CT molecular complexity index is 473. The first-order valence-corrected chi connectivity index (χ1v) is 7.08. The number of carbonyl (C=O) groups is 2. The molecule has 2 atom stereocenters. The molecule has 0 bridgehead atoms. The Morgan fingerprint density at radius 2 is 2.10 bits per heavy atom. The Kier molecular flexibility index (Phi) is 6.87. The Labute approximate surface area is 124 Å². The molecule has 118 valence electrons. The van der Waals surface area contributed by atoms with Crippen molar-refractivity contribution in [3.05, 3.63) is 11.8 Å². The van der Waals surface area contributed by atoms with Crippen LogP contribution in [-0.2, 0) is 9.59 Å². The van der Waals surface area contributed by atoms with Crippen LogP contribution in [0.25, 0.3) is 0 Å². The Hall–Kier alpha value is -1.89. The summed E-state index contributed by atoms with van der Waals surface area (Å²) in [5.41, 5.74) is 0.708.